The number of benzene rings is 1. The van der Waals surface area contributed by atoms with Crippen LogP contribution in [0.2, 0.25) is 0 Å². The van der Waals surface area contributed by atoms with Gasteiger partial charge in [0.15, 0.2) is 4.34 Å². The summed E-state index contributed by atoms with van der Waals surface area (Å²) in [5.41, 5.74) is 2.32. The van der Waals surface area contributed by atoms with E-state index in [4.69, 9.17) is 0 Å². The number of hydrogen-bond donors (Lipinski definition) is 1. The van der Waals surface area contributed by atoms with Crippen LogP contribution in [0.4, 0.5) is 10.8 Å². The van der Waals surface area contributed by atoms with Gasteiger partial charge in [-0.2, -0.15) is 0 Å². The van der Waals surface area contributed by atoms with Crippen LogP contribution < -0.4 is 10.2 Å². The average molecular weight is 389 g/mol. The predicted molar refractivity (Wildman–Crippen MR) is 108 cm³/mol. The lowest BCUT2D eigenvalue weighted by molar-refractivity contribution is -0.116. The minimum Gasteiger partial charge on any atom is -0.357 e. The molecule has 0 radical (unpaired) electrons. The Morgan fingerprint density at radius 1 is 1.27 bits per heavy atom. The van der Waals surface area contributed by atoms with E-state index in [1.165, 1.54) is 49.4 Å². The van der Waals surface area contributed by atoms with E-state index in [1.54, 1.807) is 11.3 Å². The molecule has 0 unspecified atom stereocenters. The Hall–Kier alpha value is -1.60. The first kappa shape index (κ1) is 17.8. The molecule has 1 aromatic heterocycles. The number of thioether (sulfide) groups is 1. The average Bonchev–Trinajstić information content (AvgIpc) is 3.23. The molecule has 138 valence electrons. The molecular formula is C19H24N4OS2. The summed E-state index contributed by atoms with van der Waals surface area (Å²) in [5.74, 6) is 0.543. The summed E-state index contributed by atoms with van der Waals surface area (Å²) >= 11 is 3.04. The van der Waals surface area contributed by atoms with Gasteiger partial charge in [-0.15, -0.1) is 10.2 Å². The lowest BCUT2D eigenvalue weighted by Gasteiger charge is -2.22. The molecule has 0 spiro atoms. The van der Waals surface area contributed by atoms with Crippen LogP contribution in [-0.4, -0.2) is 33.9 Å². The van der Waals surface area contributed by atoms with E-state index >= 15 is 0 Å². The molecule has 5 nitrogen and oxygen atoms in total. The van der Waals surface area contributed by atoms with Crippen molar-refractivity contribution in [2.75, 3.05) is 16.0 Å². The van der Waals surface area contributed by atoms with Crippen molar-refractivity contribution in [1.82, 2.24) is 10.2 Å². The molecule has 1 fully saturated rings. The number of aromatic nitrogens is 2. The maximum atomic E-state index is 12.8. The smallest absolute Gasteiger partial charge is 0.237 e. The van der Waals surface area contributed by atoms with Crippen LogP contribution >= 0.6 is 23.1 Å². The summed E-state index contributed by atoms with van der Waals surface area (Å²) in [6, 6.07) is 8.93. The summed E-state index contributed by atoms with van der Waals surface area (Å²) in [6.45, 7) is 2.11. The molecule has 1 amide bonds. The Kier molecular flexibility index (Phi) is 5.45. The topological polar surface area (TPSA) is 58.1 Å². The third kappa shape index (κ3) is 3.88. The van der Waals surface area contributed by atoms with Crippen LogP contribution in [0.25, 0.3) is 0 Å². The van der Waals surface area contributed by atoms with Gasteiger partial charge in [0.2, 0.25) is 11.0 Å². The van der Waals surface area contributed by atoms with Crippen LogP contribution in [-0.2, 0) is 11.2 Å². The number of para-hydroxylation sites is 1. The van der Waals surface area contributed by atoms with Crippen molar-refractivity contribution in [2.24, 2.45) is 0 Å². The summed E-state index contributed by atoms with van der Waals surface area (Å²) in [4.78, 5) is 14.7. The Bertz CT molecular complexity index is 772. The predicted octanol–water partition coefficient (Wildman–Crippen LogP) is 4.35. The van der Waals surface area contributed by atoms with Crippen molar-refractivity contribution >= 4 is 39.8 Å². The first-order valence-electron chi connectivity index (χ1n) is 9.33. The Morgan fingerprint density at radius 3 is 2.92 bits per heavy atom. The van der Waals surface area contributed by atoms with E-state index in [-0.39, 0.29) is 11.9 Å². The molecule has 4 rings (SSSR count). The highest BCUT2D eigenvalue weighted by atomic mass is 32.2. The normalized spacial score (nSPS) is 20.2. The highest BCUT2D eigenvalue weighted by Gasteiger charge is 2.30. The molecule has 1 saturated carbocycles. The van der Waals surface area contributed by atoms with Crippen LogP contribution in [0.5, 0.6) is 0 Å². The summed E-state index contributed by atoms with van der Waals surface area (Å²) < 4.78 is 0.858. The molecular weight excluding hydrogens is 364 g/mol. The number of fused-ring (bicyclic) bond motifs is 1. The van der Waals surface area contributed by atoms with Gasteiger partial charge in [-0.3, -0.25) is 4.79 Å². The van der Waals surface area contributed by atoms with Crippen molar-refractivity contribution in [3.63, 3.8) is 0 Å². The van der Waals surface area contributed by atoms with E-state index < -0.39 is 0 Å². The highest BCUT2D eigenvalue weighted by molar-refractivity contribution is 8.01. The maximum Gasteiger partial charge on any atom is 0.237 e. The van der Waals surface area contributed by atoms with E-state index in [0.29, 0.717) is 11.8 Å². The third-order valence-electron chi connectivity index (χ3n) is 5.13. The molecule has 0 bridgehead atoms. The minimum absolute atomic E-state index is 0.143. The standard InChI is InChI=1S/C19H24N4OS2/c1-13-11-14-7-5-6-10-16(14)23(13)17(24)12-25-19-22-21-18(26-19)20-15-8-3-2-4-9-15/h5-7,10,13,15H,2-4,8-9,11-12H2,1H3,(H,20,21)/t13-/m1/s1. The minimum atomic E-state index is 0.143. The molecule has 2 heterocycles. The third-order valence-corrected chi connectivity index (χ3v) is 7.11. The van der Waals surface area contributed by atoms with Gasteiger partial charge < -0.3 is 10.2 Å². The Labute approximate surface area is 162 Å². The van der Waals surface area contributed by atoms with E-state index in [0.717, 1.165) is 21.6 Å². The van der Waals surface area contributed by atoms with E-state index in [1.807, 2.05) is 23.1 Å². The van der Waals surface area contributed by atoms with Gasteiger partial charge >= 0.3 is 0 Å². The zero-order valence-electron chi connectivity index (χ0n) is 15.0. The van der Waals surface area contributed by atoms with Gasteiger partial charge in [0.05, 0.1) is 5.75 Å². The lowest BCUT2D eigenvalue weighted by Crippen LogP contribution is -2.36. The van der Waals surface area contributed by atoms with Gasteiger partial charge in [0.25, 0.3) is 0 Å². The fourth-order valence-electron chi connectivity index (χ4n) is 3.89. The number of nitrogens with zero attached hydrogens (tertiary/aromatic N) is 3. The number of amides is 1. The van der Waals surface area contributed by atoms with E-state index in [9.17, 15) is 4.79 Å². The number of anilines is 2. The first-order chi connectivity index (χ1) is 12.7. The Balaban J connectivity index is 1.33. The number of carbonyl (C=O) groups excluding carboxylic acids is 1. The van der Waals surface area contributed by atoms with Gasteiger partial charge in [0.1, 0.15) is 0 Å². The summed E-state index contributed by atoms with van der Waals surface area (Å²) in [6.07, 6.45) is 7.29. The van der Waals surface area contributed by atoms with Gasteiger partial charge in [-0.25, -0.2) is 0 Å². The van der Waals surface area contributed by atoms with Gasteiger partial charge in [-0.05, 0) is 37.8 Å². The SMILES string of the molecule is C[C@@H]1Cc2ccccc2N1C(=O)CSc1nnc(NC2CCCCC2)s1. The van der Waals surface area contributed by atoms with Crippen molar-refractivity contribution in [1.29, 1.82) is 0 Å². The van der Waals surface area contributed by atoms with Crippen molar-refractivity contribution < 1.29 is 4.79 Å². The largest absolute Gasteiger partial charge is 0.357 e. The number of hydrogen-bond acceptors (Lipinski definition) is 6. The van der Waals surface area contributed by atoms with Crippen LogP contribution in [0.1, 0.15) is 44.6 Å². The molecule has 1 aliphatic heterocycles. The number of rotatable bonds is 5. The Morgan fingerprint density at radius 2 is 2.08 bits per heavy atom. The first-order valence-corrected chi connectivity index (χ1v) is 11.1. The molecule has 1 N–H and O–H groups in total. The zero-order valence-corrected chi connectivity index (χ0v) is 16.6. The summed E-state index contributed by atoms with van der Waals surface area (Å²) in [7, 11) is 0. The fraction of sp³-hybridized carbons (Fsp3) is 0.526. The van der Waals surface area contributed by atoms with Crippen LogP contribution in [0.3, 0.4) is 0 Å². The molecule has 2 aromatic rings. The molecule has 1 atom stereocenters. The molecule has 1 aliphatic carbocycles. The van der Waals surface area contributed by atoms with Crippen molar-refractivity contribution in [3.8, 4) is 0 Å². The quantitative estimate of drug-likeness (QED) is 0.772. The van der Waals surface area contributed by atoms with Gasteiger partial charge in [0, 0.05) is 17.8 Å². The highest BCUT2D eigenvalue weighted by Crippen LogP contribution is 2.34. The van der Waals surface area contributed by atoms with Crippen molar-refractivity contribution in [3.05, 3.63) is 29.8 Å². The number of nitrogens with one attached hydrogen (secondary N) is 1. The second-order valence-electron chi connectivity index (χ2n) is 7.09. The van der Waals surface area contributed by atoms with Crippen LogP contribution in [0.15, 0.2) is 28.6 Å². The second-order valence-corrected chi connectivity index (χ2v) is 9.29. The molecule has 26 heavy (non-hydrogen) atoms. The molecule has 2 aliphatic rings. The monoisotopic (exact) mass is 388 g/mol. The van der Waals surface area contributed by atoms with Gasteiger partial charge in [-0.1, -0.05) is 60.6 Å². The van der Waals surface area contributed by atoms with Crippen molar-refractivity contribution in [2.45, 2.75) is 61.9 Å². The molecule has 7 heteroatoms. The maximum absolute atomic E-state index is 12.8. The zero-order chi connectivity index (χ0) is 17.9. The van der Waals surface area contributed by atoms with E-state index in [2.05, 4.69) is 28.5 Å². The number of carbonyl (C=O) groups is 1. The second kappa shape index (κ2) is 7.96. The van der Waals surface area contributed by atoms with Crippen LogP contribution in [0, 0.1) is 0 Å². The molecule has 1 aromatic carbocycles. The fourth-order valence-corrected chi connectivity index (χ4v) is 5.57. The summed E-state index contributed by atoms with van der Waals surface area (Å²) in [5, 5.41) is 12.9. The lowest BCUT2D eigenvalue weighted by atomic mass is 9.96. The molecule has 0 saturated heterocycles.